The summed E-state index contributed by atoms with van der Waals surface area (Å²) in [5.41, 5.74) is 4.66. The highest BCUT2D eigenvalue weighted by atomic mass is 16.5. The van der Waals surface area contributed by atoms with Crippen LogP contribution in [0.3, 0.4) is 0 Å². The highest BCUT2D eigenvalue weighted by Gasteiger charge is 2.39. The third-order valence-corrected chi connectivity index (χ3v) is 7.56. The minimum Gasteiger partial charge on any atom is -0.481 e. The van der Waals surface area contributed by atoms with Gasteiger partial charge in [0.15, 0.2) is 0 Å². The summed E-state index contributed by atoms with van der Waals surface area (Å²) in [6.45, 7) is 1.07. The average Bonchev–Trinajstić information content (AvgIpc) is 3.44. The molecule has 2 N–H and O–H groups in total. The van der Waals surface area contributed by atoms with Crippen molar-refractivity contribution in [2.75, 3.05) is 19.7 Å². The minimum absolute atomic E-state index is 0.0135. The second kappa shape index (κ2) is 9.49. The Morgan fingerprint density at radius 3 is 2.29 bits per heavy atom. The quantitative estimate of drug-likeness (QED) is 0.700. The van der Waals surface area contributed by atoms with Gasteiger partial charge in [-0.1, -0.05) is 55.0 Å². The monoisotopic (exact) mass is 462 g/mol. The van der Waals surface area contributed by atoms with Crippen molar-refractivity contribution in [2.45, 2.75) is 44.1 Å². The first-order valence-electron chi connectivity index (χ1n) is 12.2. The van der Waals surface area contributed by atoms with Crippen LogP contribution in [0.25, 0.3) is 11.1 Å². The fraction of sp³-hybridized carbons (Fsp3) is 0.444. The third kappa shape index (κ3) is 4.27. The van der Waals surface area contributed by atoms with E-state index in [-0.39, 0.29) is 36.9 Å². The zero-order chi connectivity index (χ0) is 23.7. The average molecular weight is 463 g/mol. The van der Waals surface area contributed by atoms with Crippen LogP contribution in [0.2, 0.25) is 0 Å². The number of piperidine rings is 1. The van der Waals surface area contributed by atoms with Crippen LogP contribution < -0.4 is 5.32 Å². The Balaban J connectivity index is 1.20. The van der Waals surface area contributed by atoms with Gasteiger partial charge in [-0.05, 0) is 47.9 Å². The van der Waals surface area contributed by atoms with E-state index in [2.05, 4.69) is 29.6 Å². The number of likely N-dealkylation sites (tertiary alicyclic amines) is 1. The van der Waals surface area contributed by atoms with Crippen molar-refractivity contribution in [2.24, 2.45) is 11.8 Å². The van der Waals surface area contributed by atoms with E-state index in [1.54, 1.807) is 4.90 Å². The van der Waals surface area contributed by atoms with Crippen LogP contribution in [0.15, 0.2) is 48.5 Å². The number of ether oxygens (including phenoxy) is 1. The van der Waals surface area contributed by atoms with Gasteiger partial charge in [0, 0.05) is 25.0 Å². The highest BCUT2D eigenvalue weighted by Crippen LogP contribution is 2.44. The number of hydrogen-bond acceptors (Lipinski definition) is 4. The van der Waals surface area contributed by atoms with Crippen molar-refractivity contribution in [3.8, 4) is 11.1 Å². The normalized spacial score (nSPS) is 23.8. The van der Waals surface area contributed by atoms with Gasteiger partial charge in [-0.2, -0.15) is 0 Å². The maximum atomic E-state index is 13.1. The summed E-state index contributed by atoms with van der Waals surface area (Å²) in [6.07, 6.45) is 3.05. The standard InChI is InChI=1S/C27H30N2O5/c30-25(29-14-6-7-17(15-29)26(31)32)22-12-5-13-24(22)28-27(33)34-16-23-20-10-3-1-8-18(20)19-9-2-4-11-21(19)23/h1-4,8-11,17,22-24H,5-7,12-16H2,(H,28,33)(H,31,32)/t17?,22-,24+/m0/s1. The molecule has 5 rings (SSSR count). The zero-order valence-electron chi connectivity index (χ0n) is 19.1. The van der Waals surface area contributed by atoms with Crippen molar-refractivity contribution < 1.29 is 24.2 Å². The molecule has 7 heteroatoms. The lowest BCUT2D eigenvalue weighted by Crippen LogP contribution is -2.49. The van der Waals surface area contributed by atoms with E-state index in [4.69, 9.17) is 4.74 Å². The first-order valence-corrected chi connectivity index (χ1v) is 12.2. The van der Waals surface area contributed by atoms with E-state index < -0.39 is 18.0 Å². The zero-order valence-corrected chi connectivity index (χ0v) is 19.1. The molecule has 2 amide bonds. The van der Waals surface area contributed by atoms with Gasteiger partial charge < -0.3 is 20.1 Å². The van der Waals surface area contributed by atoms with E-state index in [1.807, 2.05) is 24.3 Å². The topological polar surface area (TPSA) is 95.9 Å². The predicted molar refractivity (Wildman–Crippen MR) is 126 cm³/mol. The Kier molecular flexibility index (Phi) is 6.26. The molecule has 3 atom stereocenters. The minimum atomic E-state index is -0.850. The summed E-state index contributed by atoms with van der Waals surface area (Å²) >= 11 is 0. The number of hydrogen-bond donors (Lipinski definition) is 2. The van der Waals surface area contributed by atoms with Gasteiger partial charge in [-0.3, -0.25) is 9.59 Å². The van der Waals surface area contributed by atoms with E-state index in [0.29, 0.717) is 25.8 Å². The second-order valence-electron chi connectivity index (χ2n) is 9.58. The van der Waals surface area contributed by atoms with Gasteiger partial charge in [0.1, 0.15) is 6.61 Å². The van der Waals surface area contributed by atoms with Gasteiger partial charge >= 0.3 is 12.1 Å². The number of carboxylic acids is 1. The Labute approximate surface area is 199 Å². The molecule has 1 aliphatic heterocycles. The number of carbonyl (C=O) groups is 3. The lowest BCUT2D eigenvalue weighted by molar-refractivity contribution is -0.146. The number of rotatable bonds is 5. The van der Waals surface area contributed by atoms with Crippen molar-refractivity contribution in [3.05, 3.63) is 59.7 Å². The fourth-order valence-corrected chi connectivity index (χ4v) is 5.83. The van der Waals surface area contributed by atoms with Crippen LogP contribution in [0, 0.1) is 11.8 Å². The van der Waals surface area contributed by atoms with E-state index in [0.717, 1.165) is 24.0 Å². The molecule has 7 nitrogen and oxygen atoms in total. The predicted octanol–water partition coefficient (Wildman–Crippen LogP) is 4.02. The van der Waals surface area contributed by atoms with Crippen LogP contribution in [0.4, 0.5) is 4.79 Å². The number of fused-ring (bicyclic) bond motifs is 3. The van der Waals surface area contributed by atoms with Crippen LogP contribution in [-0.2, 0) is 14.3 Å². The lowest BCUT2D eigenvalue weighted by Gasteiger charge is -2.34. The second-order valence-corrected chi connectivity index (χ2v) is 9.58. The molecule has 34 heavy (non-hydrogen) atoms. The van der Waals surface area contributed by atoms with Gasteiger partial charge in [0.05, 0.1) is 11.8 Å². The molecule has 3 aliphatic rings. The Morgan fingerprint density at radius 1 is 0.941 bits per heavy atom. The molecular formula is C27H30N2O5. The number of alkyl carbamates (subject to hydrolysis) is 1. The van der Waals surface area contributed by atoms with Gasteiger partial charge in [-0.15, -0.1) is 0 Å². The SMILES string of the molecule is O=C(N[C@@H]1CCC[C@@H]1C(=O)N1CCCC(C(=O)O)C1)OCC1c2ccccc2-c2ccccc21. The number of amides is 2. The van der Waals surface area contributed by atoms with E-state index in [9.17, 15) is 19.5 Å². The molecule has 178 valence electrons. The van der Waals surface area contributed by atoms with Crippen molar-refractivity contribution in [1.29, 1.82) is 0 Å². The summed E-state index contributed by atoms with van der Waals surface area (Å²) < 4.78 is 5.67. The Morgan fingerprint density at radius 2 is 1.62 bits per heavy atom. The highest BCUT2D eigenvalue weighted by molar-refractivity contribution is 5.82. The van der Waals surface area contributed by atoms with Gasteiger partial charge in [0.2, 0.25) is 5.91 Å². The summed E-state index contributed by atoms with van der Waals surface area (Å²) in [4.78, 5) is 38.9. The van der Waals surface area contributed by atoms with Crippen LogP contribution in [0.1, 0.15) is 49.1 Å². The largest absolute Gasteiger partial charge is 0.481 e. The van der Waals surface area contributed by atoms with Crippen molar-refractivity contribution >= 4 is 18.0 Å². The van der Waals surface area contributed by atoms with E-state index >= 15 is 0 Å². The van der Waals surface area contributed by atoms with Crippen LogP contribution >= 0.6 is 0 Å². The molecule has 1 saturated heterocycles. The van der Waals surface area contributed by atoms with Crippen molar-refractivity contribution in [3.63, 3.8) is 0 Å². The van der Waals surface area contributed by atoms with Crippen LogP contribution in [-0.4, -0.2) is 53.7 Å². The number of nitrogens with zero attached hydrogens (tertiary/aromatic N) is 1. The molecule has 0 bridgehead atoms. The molecule has 2 aliphatic carbocycles. The Bertz CT molecular complexity index is 1050. The third-order valence-electron chi connectivity index (χ3n) is 7.56. The van der Waals surface area contributed by atoms with Crippen molar-refractivity contribution in [1.82, 2.24) is 10.2 Å². The number of carbonyl (C=O) groups excluding carboxylic acids is 2. The smallest absolute Gasteiger partial charge is 0.407 e. The summed E-state index contributed by atoms with van der Waals surface area (Å²) in [7, 11) is 0. The molecule has 0 radical (unpaired) electrons. The van der Waals surface area contributed by atoms with E-state index in [1.165, 1.54) is 11.1 Å². The first kappa shape index (κ1) is 22.4. The molecular weight excluding hydrogens is 432 g/mol. The van der Waals surface area contributed by atoms with Gasteiger partial charge in [0.25, 0.3) is 0 Å². The van der Waals surface area contributed by atoms with Crippen LogP contribution in [0.5, 0.6) is 0 Å². The molecule has 2 fully saturated rings. The number of carboxylic acid groups (broad SMARTS) is 1. The fourth-order valence-electron chi connectivity index (χ4n) is 5.83. The molecule has 2 aromatic rings. The number of aliphatic carboxylic acids is 1. The Hall–Kier alpha value is -3.35. The molecule has 1 saturated carbocycles. The number of nitrogens with one attached hydrogen (secondary N) is 1. The van der Waals surface area contributed by atoms with Gasteiger partial charge in [-0.25, -0.2) is 4.79 Å². The molecule has 2 aromatic carbocycles. The lowest BCUT2D eigenvalue weighted by atomic mass is 9.95. The maximum Gasteiger partial charge on any atom is 0.407 e. The molecule has 1 unspecified atom stereocenters. The summed E-state index contributed by atoms with van der Waals surface area (Å²) in [5, 5.41) is 12.3. The summed E-state index contributed by atoms with van der Waals surface area (Å²) in [5.74, 6) is -1.74. The number of benzene rings is 2. The first-order chi connectivity index (χ1) is 16.5. The molecule has 1 heterocycles. The summed E-state index contributed by atoms with van der Waals surface area (Å²) in [6, 6.07) is 16.1. The molecule has 0 spiro atoms. The molecule has 0 aromatic heterocycles. The maximum absolute atomic E-state index is 13.1.